The zero-order valence-electron chi connectivity index (χ0n) is 15.7. The number of nitrogens with one attached hydrogen (secondary N) is 2. The predicted octanol–water partition coefficient (Wildman–Crippen LogP) is 4.19. The van der Waals surface area contributed by atoms with Crippen molar-refractivity contribution in [3.8, 4) is 11.5 Å². The number of halogens is 2. The van der Waals surface area contributed by atoms with Crippen LogP contribution >= 0.6 is 11.3 Å². The SMILES string of the molecule is COc1ccc(NC(=O)Cc2csc(NC(=O)c3ccccc3)n2)cc1OC(F)F. The molecule has 0 saturated heterocycles. The van der Waals surface area contributed by atoms with Crippen LogP contribution in [-0.2, 0) is 11.2 Å². The summed E-state index contributed by atoms with van der Waals surface area (Å²) < 4.78 is 34.4. The maximum Gasteiger partial charge on any atom is 0.387 e. The minimum Gasteiger partial charge on any atom is -0.493 e. The lowest BCUT2D eigenvalue weighted by Gasteiger charge is -2.12. The van der Waals surface area contributed by atoms with Crippen LogP contribution in [0.15, 0.2) is 53.9 Å². The van der Waals surface area contributed by atoms with Crippen LogP contribution in [0.2, 0.25) is 0 Å². The molecule has 1 heterocycles. The molecule has 3 rings (SSSR count). The Balaban J connectivity index is 1.60. The molecule has 0 aliphatic heterocycles. The zero-order chi connectivity index (χ0) is 21.5. The van der Waals surface area contributed by atoms with Gasteiger partial charge in [0.2, 0.25) is 5.91 Å². The highest BCUT2D eigenvalue weighted by atomic mass is 32.1. The first kappa shape index (κ1) is 21.2. The summed E-state index contributed by atoms with van der Waals surface area (Å²) >= 11 is 1.19. The van der Waals surface area contributed by atoms with Crippen molar-refractivity contribution < 1.29 is 27.8 Å². The van der Waals surface area contributed by atoms with Crippen LogP contribution in [-0.4, -0.2) is 30.5 Å². The minimum absolute atomic E-state index is 0.0607. The van der Waals surface area contributed by atoms with Crippen LogP contribution in [0.3, 0.4) is 0 Å². The topological polar surface area (TPSA) is 89.6 Å². The van der Waals surface area contributed by atoms with Gasteiger partial charge in [0.1, 0.15) is 0 Å². The second-order valence-corrected chi connectivity index (χ2v) is 6.79. The monoisotopic (exact) mass is 433 g/mol. The molecule has 3 aromatic rings. The van der Waals surface area contributed by atoms with Crippen molar-refractivity contribution in [3.63, 3.8) is 0 Å². The van der Waals surface area contributed by atoms with Crippen LogP contribution in [0.5, 0.6) is 11.5 Å². The molecule has 10 heteroatoms. The van der Waals surface area contributed by atoms with E-state index >= 15 is 0 Å². The molecule has 7 nitrogen and oxygen atoms in total. The number of ether oxygens (including phenoxy) is 2. The summed E-state index contributed by atoms with van der Waals surface area (Å²) in [5, 5.41) is 7.28. The van der Waals surface area contributed by atoms with Gasteiger partial charge in [0.15, 0.2) is 16.6 Å². The zero-order valence-corrected chi connectivity index (χ0v) is 16.5. The fourth-order valence-electron chi connectivity index (χ4n) is 2.52. The molecule has 0 aliphatic rings. The number of methoxy groups -OCH3 is 1. The Morgan fingerprint density at radius 2 is 1.87 bits per heavy atom. The minimum atomic E-state index is -3.02. The van der Waals surface area contributed by atoms with Gasteiger partial charge >= 0.3 is 6.61 Å². The third-order valence-corrected chi connectivity index (χ3v) is 4.62. The first-order valence-corrected chi connectivity index (χ1v) is 9.56. The lowest BCUT2D eigenvalue weighted by Crippen LogP contribution is -2.15. The van der Waals surface area contributed by atoms with Gasteiger partial charge in [-0.3, -0.25) is 14.9 Å². The van der Waals surface area contributed by atoms with E-state index in [1.165, 1.54) is 36.6 Å². The van der Waals surface area contributed by atoms with Crippen molar-refractivity contribution in [3.05, 3.63) is 65.2 Å². The Bertz CT molecular complexity index is 1030. The van der Waals surface area contributed by atoms with Crippen LogP contribution in [0.4, 0.5) is 19.6 Å². The number of hydrogen-bond acceptors (Lipinski definition) is 6. The van der Waals surface area contributed by atoms with E-state index in [0.717, 1.165) is 0 Å². The van der Waals surface area contributed by atoms with Crippen molar-refractivity contribution in [2.24, 2.45) is 0 Å². The Labute approximate surface area is 174 Å². The van der Waals surface area contributed by atoms with Crippen molar-refractivity contribution >= 4 is 34.0 Å². The maximum atomic E-state index is 12.5. The third-order valence-electron chi connectivity index (χ3n) is 3.81. The number of thiazole rings is 1. The van der Waals surface area contributed by atoms with Gasteiger partial charge in [0.25, 0.3) is 5.91 Å². The maximum absolute atomic E-state index is 12.5. The molecule has 2 aromatic carbocycles. The normalized spacial score (nSPS) is 10.5. The van der Waals surface area contributed by atoms with E-state index in [9.17, 15) is 18.4 Å². The van der Waals surface area contributed by atoms with E-state index in [2.05, 4.69) is 20.4 Å². The molecule has 30 heavy (non-hydrogen) atoms. The van der Waals surface area contributed by atoms with Gasteiger partial charge in [0.05, 0.1) is 19.2 Å². The molecule has 0 bridgehead atoms. The molecule has 0 saturated carbocycles. The number of amides is 2. The molecule has 0 unspecified atom stereocenters. The molecule has 0 spiro atoms. The lowest BCUT2D eigenvalue weighted by atomic mass is 10.2. The van der Waals surface area contributed by atoms with Crippen molar-refractivity contribution in [1.82, 2.24) is 4.98 Å². The smallest absolute Gasteiger partial charge is 0.387 e. The van der Waals surface area contributed by atoms with Crippen LogP contribution in [0.25, 0.3) is 0 Å². The van der Waals surface area contributed by atoms with Crippen molar-refractivity contribution in [2.45, 2.75) is 13.0 Å². The van der Waals surface area contributed by atoms with Crippen LogP contribution in [0, 0.1) is 0 Å². The molecule has 2 N–H and O–H groups in total. The van der Waals surface area contributed by atoms with E-state index in [1.54, 1.807) is 29.6 Å². The molecule has 2 amide bonds. The standard InChI is InChI=1S/C20H17F2N3O4S/c1-28-15-8-7-13(9-16(15)29-19(21)22)23-17(26)10-14-11-30-20(24-14)25-18(27)12-5-3-2-4-6-12/h2-9,11,19H,10H2,1H3,(H,23,26)(H,24,25,27). The van der Waals surface area contributed by atoms with Gasteiger partial charge in [-0.05, 0) is 24.3 Å². The van der Waals surface area contributed by atoms with Gasteiger partial charge in [-0.1, -0.05) is 18.2 Å². The number of anilines is 2. The van der Waals surface area contributed by atoms with E-state index in [-0.39, 0.29) is 29.5 Å². The molecular weight excluding hydrogens is 416 g/mol. The van der Waals surface area contributed by atoms with Crippen LogP contribution in [0.1, 0.15) is 16.1 Å². The fourth-order valence-corrected chi connectivity index (χ4v) is 3.22. The average molecular weight is 433 g/mol. The Morgan fingerprint density at radius 3 is 2.57 bits per heavy atom. The second kappa shape index (κ2) is 9.79. The lowest BCUT2D eigenvalue weighted by molar-refractivity contribution is -0.115. The van der Waals surface area contributed by atoms with Gasteiger partial charge < -0.3 is 14.8 Å². The number of hydrogen-bond donors (Lipinski definition) is 2. The highest BCUT2D eigenvalue weighted by Gasteiger charge is 2.14. The molecular formula is C20H17F2N3O4S. The van der Waals surface area contributed by atoms with E-state index in [0.29, 0.717) is 16.4 Å². The van der Waals surface area contributed by atoms with Gasteiger partial charge in [0, 0.05) is 22.7 Å². The van der Waals surface area contributed by atoms with E-state index < -0.39 is 12.5 Å². The number of rotatable bonds is 8. The summed E-state index contributed by atoms with van der Waals surface area (Å²) in [6, 6.07) is 12.8. The molecule has 1 aromatic heterocycles. The molecule has 156 valence electrons. The Morgan fingerprint density at radius 1 is 1.10 bits per heavy atom. The van der Waals surface area contributed by atoms with Crippen molar-refractivity contribution in [2.75, 3.05) is 17.7 Å². The average Bonchev–Trinajstić information content (AvgIpc) is 3.15. The number of nitrogens with zero attached hydrogens (tertiary/aromatic N) is 1. The summed E-state index contributed by atoms with van der Waals surface area (Å²) in [6.07, 6.45) is -0.0607. The summed E-state index contributed by atoms with van der Waals surface area (Å²) in [7, 11) is 1.32. The van der Waals surface area contributed by atoms with E-state index in [4.69, 9.17) is 4.74 Å². The number of alkyl halides is 2. The first-order chi connectivity index (χ1) is 14.4. The third kappa shape index (κ3) is 5.74. The summed E-state index contributed by atoms with van der Waals surface area (Å²) in [4.78, 5) is 28.6. The number of carbonyl (C=O) groups excluding carboxylic acids is 2. The number of aromatic nitrogens is 1. The highest BCUT2D eigenvalue weighted by molar-refractivity contribution is 7.14. The summed E-state index contributed by atoms with van der Waals surface area (Å²) in [5.74, 6) is -0.781. The summed E-state index contributed by atoms with van der Waals surface area (Å²) in [5.41, 5.74) is 1.22. The quantitative estimate of drug-likeness (QED) is 0.556. The van der Waals surface area contributed by atoms with E-state index in [1.807, 2.05) is 6.07 Å². The second-order valence-electron chi connectivity index (χ2n) is 5.93. The highest BCUT2D eigenvalue weighted by Crippen LogP contribution is 2.31. The molecule has 0 radical (unpaired) electrons. The number of carbonyl (C=O) groups is 2. The van der Waals surface area contributed by atoms with Gasteiger partial charge in [-0.2, -0.15) is 8.78 Å². The first-order valence-electron chi connectivity index (χ1n) is 8.68. The summed E-state index contributed by atoms with van der Waals surface area (Å²) in [6.45, 7) is -3.02. The Hall–Kier alpha value is -3.53. The fraction of sp³-hybridized carbons (Fsp3) is 0.150. The number of benzene rings is 2. The molecule has 0 aliphatic carbocycles. The van der Waals surface area contributed by atoms with Crippen LogP contribution < -0.4 is 20.1 Å². The van der Waals surface area contributed by atoms with Gasteiger partial charge in [-0.25, -0.2) is 4.98 Å². The predicted molar refractivity (Wildman–Crippen MR) is 108 cm³/mol. The van der Waals surface area contributed by atoms with Gasteiger partial charge in [-0.15, -0.1) is 11.3 Å². The molecule has 0 fully saturated rings. The van der Waals surface area contributed by atoms with Crippen molar-refractivity contribution in [1.29, 1.82) is 0 Å². The largest absolute Gasteiger partial charge is 0.493 e. The molecule has 0 atom stereocenters. The Kier molecular flexibility index (Phi) is 6.91.